The van der Waals surface area contributed by atoms with Crippen molar-refractivity contribution in [3.63, 3.8) is 0 Å². The number of carbonyl (C=O) groups is 1. The number of benzene rings is 1. The van der Waals surface area contributed by atoms with Crippen molar-refractivity contribution < 1.29 is 13.9 Å². The fourth-order valence-corrected chi connectivity index (χ4v) is 2.39. The predicted molar refractivity (Wildman–Crippen MR) is 78.5 cm³/mol. The fraction of sp³-hybridized carbons (Fsp3) is 0.250. The number of aromatic amines is 1. The van der Waals surface area contributed by atoms with Gasteiger partial charge >= 0.3 is 0 Å². The number of ether oxygens (including phenoxy) is 1. The summed E-state index contributed by atoms with van der Waals surface area (Å²) in [5.41, 5.74) is 0.684. The first kappa shape index (κ1) is 14.3. The maximum Gasteiger partial charge on any atom is 0.254 e. The summed E-state index contributed by atoms with van der Waals surface area (Å²) in [6.07, 6.45) is -0.232. The highest BCUT2D eigenvalue weighted by molar-refractivity contribution is 5.94. The lowest BCUT2D eigenvalue weighted by Gasteiger charge is -2.39. The summed E-state index contributed by atoms with van der Waals surface area (Å²) in [6.45, 7) is 2.47. The maximum absolute atomic E-state index is 13.5. The number of rotatable bonds is 3. The van der Waals surface area contributed by atoms with Crippen LogP contribution in [0.25, 0.3) is 0 Å². The Morgan fingerprint density at radius 2 is 2.05 bits per heavy atom. The lowest BCUT2D eigenvalue weighted by molar-refractivity contribution is 0.0163. The van der Waals surface area contributed by atoms with Crippen LogP contribution in [0.2, 0.25) is 0 Å². The minimum Gasteiger partial charge on any atom is -0.484 e. The van der Waals surface area contributed by atoms with Gasteiger partial charge in [0.25, 0.3) is 5.91 Å². The molecule has 0 radical (unpaired) electrons. The van der Waals surface area contributed by atoms with Gasteiger partial charge in [0.05, 0.1) is 13.1 Å². The Bertz CT molecular complexity index is 766. The van der Waals surface area contributed by atoms with Crippen molar-refractivity contribution >= 4 is 5.91 Å². The van der Waals surface area contributed by atoms with E-state index in [0.29, 0.717) is 24.3 Å². The van der Waals surface area contributed by atoms with Gasteiger partial charge in [0.15, 0.2) is 11.6 Å². The van der Waals surface area contributed by atoms with Crippen molar-refractivity contribution in [3.8, 4) is 5.75 Å². The summed E-state index contributed by atoms with van der Waals surface area (Å²) in [5, 5.41) is 0. The number of pyridine rings is 1. The van der Waals surface area contributed by atoms with E-state index in [4.69, 9.17) is 4.74 Å². The van der Waals surface area contributed by atoms with E-state index in [0.717, 1.165) is 0 Å². The Balaban J connectivity index is 1.62. The molecule has 1 aromatic carbocycles. The molecule has 1 aliphatic heterocycles. The second-order valence-corrected chi connectivity index (χ2v) is 5.30. The number of halogens is 1. The molecule has 3 rings (SSSR count). The fourth-order valence-electron chi connectivity index (χ4n) is 2.39. The summed E-state index contributed by atoms with van der Waals surface area (Å²) in [5.74, 6) is -0.452. The van der Waals surface area contributed by atoms with Gasteiger partial charge in [-0.2, -0.15) is 0 Å². The molecule has 1 aromatic heterocycles. The third-order valence-corrected chi connectivity index (χ3v) is 3.49. The molecule has 0 bridgehead atoms. The van der Waals surface area contributed by atoms with Gasteiger partial charge in [-0.1, -0.05) is 12.1 Å². The number of aryl methyl sites for hydroxylation is 1. The number of nitrogens with one attached hydrogen (secondary N) is 1. The average molecular weight is 302 g/mol. The summed E-state index contributed by atoms with van der Waals surface area (Å²) >= 11 is 0. The normalized spacial score (nSPS) is 14.5. The third-order valence-electron chi connectivity index (χ3n) is 3.49. The quantitative estimate of drug-likeness (QED) is 0.939. The summed E-state index contributed by atoms with van der Waals surface area (Å²) in [4.78, 5) is 27.8. The number of carbonyl (C=O) groups excluding carboxylic acids is 1. The lowest BCUT2D eigenvalue weighted by atomic mass is 10.1. The zero-order chi connectivity index (χ0) is 15.7. The van der Waals surface area contributed by atoms with Crippen LogP contribution in [0.3, 0.4) is 0 Å². The van der Waals surface area contributed by atoms with Crippen LogP contribution >= 0.6 is 0 Å². The van der Waals surface area contributed by atoms with Crippen molar-refractivity contribution in [2.45, 2.75) is 13.0 Å². The molecule has 0 aliphatic carbocycles. The Labute approximate surface area is 126 Å². The minimum absolute atomic E-state index is 0.187. The van der Waals surface area contributed by atoms with Crippen LogP contribution in [0, 0.1) is 12.7 Å². The molecule has 2 aromatic rings. The molecular weight excluding hydrogens is 287 g/mol. The topological polar surface area (TPSA) is 62.4 Å². The molecule has 6 heteroatoms. The second kappa shape index (κ2) is 5.63. The summed E-state index contributed by atoms with van der Waals surface area (Å²) in [6, 6.07) is 9.08. The van der Waals surface area contributed by atoms with Gasteiger partial charge in [-0.15, -0.1) is 0 Å². The van der Waals surface area contributed by atoms with E-state index < -0.39 is 5.82 Å². The number of H-pyrrole nitrogens is 1. The molecule has 5 nitrogen and oxygen atoms in total. The molecule has 1 N–H and O–H groups in total. The minimum atomic E-state index is -0.419. The number of aromatic nitrogens is 1. The molecule has 2 heterocycles. The maximum atomic E-state index is 13.5. The molecule has 1 aliphatic rings. The van der Waals surface area contributed by atoms with Crippen molar-refractivity contribution in [1.29, 1.82) is 0 Å². The van der Waals surface area contributed by atoms with Crippen LogP contribution in [0.15, 0.2) is 41.2 Å². The van der Waals surface area contributed by atoms with Crippen molar-refractivity contribution in [3.05, 3.63) is 63.8 Å². The largest absolute Gasteiger partial charge is 0.484 e. The monoisotopic (exact) mass is 302 g/mol. The van der Waals surface area contributed by atoms with E-state index in [2.05, 4.69) is 4.98 Å². The highest BCUT2D eigenvalue weighted by Crippen LogP contribution is 2.22. The van der Waals surface area contributed by atoms with Crippen molar-refractivity contribution in [2.75, 3.05) is 13.1 Å². The number of hydrogen-bond donors (Lipinski definition) is 1. The number of likely N-dealkylation sites (tertiary alicyclic amines) is 1. The Hall–Kier alpha value is -2.63. The summed E-state index contributed by atoms with van der Waals surface area (Å²) in [7, 11) is 0. The first-order chi connectivity index (χ1) is 10.5. The van der Waals surface area contributed by atoms with Crippen LogP contribution in [-0.2, 0) is 0 Å². The van der Waals surface area contributed by atoms with Gasteiger partial charge in [-0.3, -0.25) is 9.59 Å². The number of hydrogen-bond acceptors (Lipinski definition) is 3. The van der Waals surface area contributed by atoms with E-state index in [1.807, 2.05) is 0 Å². The smallest absolute Gasteiger partial charge is 0.254 e. The van der Waals surface area contributed by atoms with Crippen LogP contribution in [0.4, 0.5) is 4.39 Å². The molecule has 0 atom stereocenters. The Morgan fingerprint density at radius 1 is 1.32 bits per heavy atom. The van der Waals surface area contributed by atoms with Crippen molar-refractivity contribution in [2.24, 2.45) is 0 Å². The number of para-hydroxylation sites is 1. The molecule has 22 heavy (non-hydrogen) atoms. The van der Waals surface area contributed by atoms with Gasteiger partial charge in [0.2, 0.25) is 5.56 Å². The Kier molecular flexibility index (Phi) is 3.66. The molecule has 0 saturated carbocycles. The van der Waals surface area contributed by atoms with Crippen LogP contribution in [0.5, 0.6) is 5.75 Å². The van der Waals surface area contributed by atoms with E-state index in [1.165, 1.54) is 12.1 Å². The number of amides is 1. The Morgan fingerprint density at radius 3 is 2.73 bits per heavy atom. The third kappa shape index (κ3) is 2.86. The van der Waals surface area contributed by atoms with Gasteiger partial charge in [-0.25, -0.2) is 4.39 Å². The SMILES string of the molecule is Cc1cc(C(=O)N2CC(Oc3ccccc3F)C2)cc(=O)[nH]1. The molecule has 0 spiro atoms. The predicted octanol–water partition coefficient (Wildman–Crippen LogP) is 1.73. The van der Waals surface area contributed by atoms with Crippen LogP contribution in [0.1, 0.15) is 16.1 Å². The van der Waals surface area contributed by atoms with Gasteiger partial charge in [-0.05, 0) is 25.1 Å². The highest BCUT2D eigenvalue weighted by Gasteiger charge is 2.33. The first-order valence-electron chi connectivity index (χ1n) is 6.94. The molecule has 0 unspecified atom stereocenters. The van der Waals surface area contributed by atoms with E-state index in [9.17, 15) is 14.0 Å². The highest BCUT2D eigenvalue weighted by atomic mass is 19.1. The van der Waals surface area contributed by atoms with Crippen LogP contribution < -0.4 is 10.3 Å². The standard InChI is InChI=1S/C16H15FN2O3/c1-10-6-11(7-15(20)18-10)16(21)19-8-12(9-19)22-14-5-3-2-4-13(14)17/h2-7,12H,8-9H2,1H3,(H,18,20). The molecule has 1 amide bonds. The number of nitrogens with zero attached hydrogens (tertiary/aromatic N) is 1. The van der Waals surface area contributed by atoms with Gasteiger partial charge < -0.3 is 14.6 Å². The lowest BCUT2D eigenvalue weighted by Crippen LogP contribution is -2.56. The molecular formula is C16H15FN2O3. The summed E-state index contributed by atoms with van der Waals surface area (Å²) < 4.78 is 19.0. The zero-order valence-corrected chi connectivity index (χ0v) is 12.0. The molecule has 1 fully saturated rings. The molecule has 1 saturated heterocycles. The van der Waals surface area contributed by atoms with E-state index in [-0.39, 0.29) is 23.3 Å². The van der Waals surface area contributed by atoms with E-state index >= 15 is 0 Å². The van der Waals surface area contributed by atoms with Crippen molar-refractivity contribution in [1.82, 2.24) is 9.88 Å². The van der Waals surface area contributed by atoms with Gasteiger partial charge in [0.1, 0.15) is 6.10 Å². The van der Waals surface area contributed by atoms with Crippen LogP contribution in [-0.4, -0.2) is 35.0 Å². The average Bonchev–Trinajstić information content (AvgIpc) is 2.42. The zero-order valence-electron chi connectivity index (χ0n) is 12.0. The van der Waals surface area contributed by atoms with Gasteiger partial charge in [0, 0.05) is 17.3 Å². The van der Waals surface area contributed by atoms with E-state index in [1.54, 1.807) is 36.1 Å². The second-order valence-electron chi connectivity index (χ2n) is 5.30. The molecule has 114 valence electrons. The first-order valence-corrected chi connectivity index (χ1v) is 6.94.